The summed E-state index contributed by atoms with van der Waals surface area (Å²) in [5, 5.41) is 4.14. The molecule has 0 saturated heterocycles. The van der Waals surface area contributed by atoms with Gasteiger partial charge in [0.05, 0.1) is 11.3 Å². The van der Waals surface area contributed by atoms with E-state index in [-0.39, 0.29) is 12.0 Å². The van der Waals surface area contributed by atoms with Crippen molar-refractivity contribution in [2.45, 2.75) is 63.3 Å². The van der Waals surface area contributed by atoms with Gasteiger partial charge in [-0.15, -0.1) is 0 Å². The molecular formula is C18H24N4O2S. The Morgan fingerprint density at radius 2 is 1.88 bits per heavy atom. The molecule has 0 radical (unpaired) electrons. The summed E-state index contributed by atoms with van der Waals surface area (Å²) >= 11 is 0. The van der Waals surface area contributed by atoms with Crippen molar-refractivity contribution in [1.29, 1.82) is 0 Å². The lowest BCUT2D eigenvalue weighted by Gasteiger charge is -2.24. The van der Waals surface area contributed by atoms with Crippen LogP contribution in [0.1, 0.15) is 61.4 Å². The summed E-state index contributed by atoms with van der Waals surface area (Å²) in [6, 6.07) is 7.72. The van der Waals surface area contributed by atoms with Crippen molar-refractivity contribution >= 4 is 10.0 Å². The van der Waals surface area contributed by atoms with Crippen LogP contribution in [0.3, 0.4) is 0 Å². The molecule has 1 aliphatic carbocycles. The van der Waals surface area contributed by atoms with Crippen LogP contribution in [0, 0.1) is 0 Å². The molecule has 6 nitrogen and oxygen atoms in total. The standard InChI is InChI=1S/C18H24N4O2S/c1-12(2)17-19-18-16(8-5-9-22(18)20-17)21-25(23,24)15-10-13-6-3-4-7-14(13)11-15/h3-4,6-7,12,15-16,21H,5,8-11H2,1-2H3/t16-/m1/s1. The SMILES string of the molecule is CC(C)c1nc2n(n1)CCC[C@H]2NS(=O)(=O)C1Cc2ccccc2C1. The molecule has 25 heavy (non-hydrogen) atoms. The number of hydrogen-bond donors (Lipinski definition) is 1. The zero-order valence-electron chi connectivity index (χ0n) is 14.6. The molecule has 0 saturated carbocycles. The molecule has 1 atom stereocenters. The molecule has 2 aliphatic rings. The van der Waals surface area contributed by atoms with E-state index in [0.717, 1.165) is 42.2 Å². The molecule has 2 heterocycles. The van der Waals surface area contributed by atoms with Crippen molar-refractivity contribution in [3.8, 4) is 0 Å². The zero-order chi connectivity index (χ0) is 17.6. The second-order valence-electron chi connectivity index (χ2n) is 7.36. The molecule has 1 aromatic carbocycles. The fraction of sp³-hybridized carbons (Fsp3) is 0.556. The normalized spacial score (nSPS) is 20.7. The topological polar surface area (TPSA) is 76.9 Å². The van der Waals surface area contributed by atoms with E-state index in [4.69, 9.17) is 0 Å². The molecule has 0 amide bonds. The molecule has 1 aliphatic heterocycles. The Bertz CT molecular complexity index is 863. The molecule has 0 fully saturated rings. The summed E-state index contributed by atoms with van der Waals surface area (Å²) in [5.74, 6) is 1.78. The number of hydrogen-bond acceptors (Lipinski definition) is 4. The third-order valence-corrected chi connectivity index (χ3v) is 6.99. The van der Waals surface area contributed by atoms with Gasteiger partial charge in [-0.3, -0.25) is 0 Å². The maximum Gasteiger partial charge on any atom is 0.215 e. The first kappa shape index (κ1) is 16.7. The van der Waals surface area contributed by atoms with Gasteiger partial charge in [0.2, 0.25) is 10.0 Å². The van der Waals surface area contributed by atoms with Gasteiger partial charge in [-0.2, -0.15) is 5.10 Å². The first-order valence-electron chi connectivity index (χ1n) is 8.96. The smallest absolute Gasteiger partial charge is 0.215 e. The Morgan fingerprint density at radius 1 is 1.20 bits per heavy atom. The van der Waals surface area contributed by atoms with Gasteiger partial charge in [0.15, 0.2) is 5.82 Å². The minimum atomic E-state index is -3.41. The van der Waals surface area contributed by atoms with E-state index in [0.29, 0.717) is 12.8 Å². The lowest BCUT2D eigenvalue weighted by Crippen LogP contribution is -2.39. The molecular weight excluding hydrogens is 336 g/mol. The largest absolute Gasteiger partial charge is 0.248 e. The number of aryl methyl sites for hydroxylation is 1. The first-order chi connectivity index (χ1) is 11.9. The molecule has 0 spiro atoms. The van der Waals surface area contributed by atoms with Crippen LogP contribution in [-0.4, -0.2) is 28.4 Å². The summed E-state index contributed by atoms with van der Waals surface area (Å²) < 4.78 is 30.7. The Morgan fingerprint density at radius 3 is 2.52 bits per heavy atom. The number of fused-ring (bicyclic) bond motifs is 2. The second kappa shape index (κ2) is 6.21. The highest BCUT2D eigenvalue weighted by Crippen LogP contribution is 2.30. The molecule has 7 heteroatoms. The van der Waals surface area contributed by atoms with E-state index in [1.54, 1.807) is 0 Å². The maximum absolute atomic E-state index is 13.0. The molecule has 134 valence electrons. The Balaban J connectivity index is 1.55. The Hall–Kier alpha value is -1.73. The van der Waals surface area contributed by atoms with Crippen molar-refractivity contribution < 1.29 is 8.42 Å². The predicted molar refractivity (Wildman–Crippen MR) is 95.8 cm³/mol. The van der Waals surface area contributed by atoms with Gasteiger partial charge in [-0.1, -0.05) is 38.1 Å². The van der Waals surface area contributed by atoms with Gasteiger partial charge in [-0.05, 0) is 36.8 Å². The van der Waals surface area contributed by atoms with E-state index >= 15 is 0 Å². The first-order valence-corrected chi connectivity index (χ1v) is 10.5. The van der Waals surface area contributed by atoms with E-state index < -0.39 is 15.3 Å². The van der Waals surface area contributed by atoms with Crippen molar-refractivity contribution in [2.75, 3.05) is 0 Å². The highest BCUT2D eigenvalue weighted by molar-refractivity contribution is 7.90. The van der Waals surface area contributed by atoms with Crippen molar-refractivity contribution in [1.82, 2.24) is 19.5 Å². The van der Waals surface area contributed by atoms with Gasteiger partial charge in [0.25, 0.3) is 0 Å². The van der Waals surface area contributed by atoms with Crippen LogP contribution in [0.5, 0.6) is 0 Å². The highest BCUT2D eigenvalue weighted by Gasteiger charge is 2.36. The van der Waals surface area contributed by atoms with Gasteiger partial charge in [0.1, 0.15) is 5.82 Å². The highest BCUT2D eigenvalue weighted by atomic mass is 32.2. The fourth-order valence-corrected chi connectivity index (χ4v) is 5.37. The molecule has 1 N–H and O–H groups in total. The van der Waals surface area contributed by atoms with Crippen molar-refractivity contribution in [3.05, 3.63) is 47.0 Å². The van der Waals surface area contributed by atoms with Crippen LogP contribution in [0.4, 0.5) is 0 Å². The van der Waals surface area contributed by atoms with Crippen LogP contribution in [0.15, 0.2) is 24.3 Å². The van der Waals surface area contributed by atoms with E-state index in [2.05, 4.69) is 28.7 Å². The lowest BCUT2D eigenvalue weighted by atomic mass is 10.1. The quantitative estimate of drug-likeness (QED) is 0.908. The summed E-state index contributed by atoms with van der Waals surface area (Å²) in [6.45, 7) is 4.91. The van der Waals surface area contributed by atoms with E-state index in [1.807, 2.05) is 28.9 Å². The van der Waals surface area contributed by atoms with E-state index in [9.17, 15) is 8.42 Å². The third kappa shape index (κ3) is 3.11. The van der Waals surface area contributed by atoms with Crippen LogP contribution >= 0.6 is 0 Å². The molecule has 0 bridgehead atoms. The average molecular weight is 360 g/mol. The third-order valence-electron chi connectivity index (χ3n) is 5.17. The molecule has 0 unspecified atom stereocenters. The van der Waals surface area contributed by atoms with Gasteiger partial charge < -0.3 is 0 Å². The number of nitrogens with one attached hydrogen (secondary N) is 1. The number of benzene rings is 1. The van der Waals surface area contributed by atoms with Crippen LogP contribution in [-0.2, 0) is 29.4 Å². The zero-order valence-corrected chi connectivity index (χ0v) is 15.5. The van der Waals surface area contributed by atoms with Crippen LogP contribution in [0.25, 0.3) is 0 Å². The van der Waals surface area contributed by atoms with E-state index in [1.165, 1.54) is 0 Å². The summed E-state index contributed by atoms with van der Waals surface area (Å²) in [7, 11) is -3.41. The van der Waals surface area contributed by atoms with Gasteiger partial charge in [-0.25, -0.2) is 22.8 Å². The minimum Gasteiger partial charge on any atom is -0.248 e. The number of nitrogens with zero attached hydrogens (tertiary/aromatic N) is 3. The summed E-state index contributed by atoms with van der Waals surface area (Å²) in [6.07, 6.45) is 2.85. The fourth-order valence-electron chi connectivity index (χ4n) is 3.76. The minimum absolute atomic E-state index is 0.236. The Kier molecular flexibility index (Phi) is 4.16. The molecule has 1 aromatic heterocycles. The molecule has 4 rings (SSSR count). The number of sulfonamides is 1. The number of rotatable bonds is 4. The Labute approximate surface area is 148 Å². The van der Waals surface area contributed by atoms with Crippen molar-refractivity contribution in [2.24, 2.45) is 0 Å². The number of aromatic nitrogens is 3. The van der Waals surface area contributed by atoms with Gasteiger partial charge in [0, 0.05) is 12.5 Å². The lowest BCUT2D eigenvalue weighted by molar-refractivity contribution is 0.398. The monoisotopic (exact) mass is 360 g/mol. The van der Waals surface area contributed by atoms with Crippen LogP contribution < -0.4 is 4.72 Å². The molecule has 2 aromatic rings. The summed E-state index contributed by atoms with van der Waals surface area (Å²) in [4.78, 5) is 4.61. The predicted octanol–water partition coefficient (Wildman–Crippen LogP) is 2.32. The van der Waals surface area contributed by atoms with Gasteiger partial charge >= 0.3 is 0 Å². The summed E-state index contributed by atoms with van der Waals surface area (Å²) in [5.41, 5.74) is 2.29. The van der Waals surface area contributed by atoms with Crippen LogP contribution in [0.2, 0.25) is 0 Å². The maximum atomic E-state index is 13.0. The van der Waals surface area contributed by atoms with Crippen molar-refractivity contribution in [3.63, 3.8) is 0 Å². The average Bonchev–Trinajstić information content (AvgIpc) is 3.19. The second-order valence-corrected chi connectivity index (χ2v) is 9.36.